The van der Waals surface area contributed by atoms with Gasteiger partial charge in [-0.1, -0.05) is 44.2 Å². The highest BCUT2D eigenvalue weighted by Gasteiger charge is 2.30. The van der Waals surface area contributed by atoms with Crippen LogP contribution in [0.3, 0.4) is 0 Å². The first-order chi connectivity index (χ1) is 13.5. The van der Waals surface area contributed by atoms with Crippen molar-refractivity contribution in [2.24, 2.45) is 0 Å². The van der Waals surface area contributed by atoms with Crippen LogP contribution in [-0.2, 0) is 11.6 Å². The number of aromatic nitrogens is 4. The van der Waals surface area contributed by atoms with Crippen molar-refractivity contribution in [3.8, 4) is 22.1 Å². The van der Waals surface area contributed by atoms with Crippen LogP contribution >= 0.6 is 11.3 Å². The minimum Gasteiger partial charge on any atom is -0.454 e. The molecule has 10 heteroatoms. The second kappa shape index (κ2) is 6.51. The lowest BCUT2D eigenvalue weighted by Gasteiger charge is -2.14. The first kappa shape index (κ1) is 19.3. The van der Waals surface area contributed by atoms with Crippen LogP contribution in [0.2, 0.25) is 0 Å². The van der Waals surface area contributed by atoms with Gasteiger partial charge in [0, 0.05) is 11.0 Å². The van der Waals surface area contributed by atoms with E-state index in [1.54, 1.807) is 12.1 Å². The summed E-state index contributed by atoms with van der Waals surface area (Å²) in [5.41, 5.74) is -1.04. The van der Waals surface area contributed by atoms with Gasteiger partial charge in [0.05, 0.1) is 5.56 Å². The van der Waals surface area contributed by atoms with Gasteiger partial charge in [0.25, 0.3) is 5.56 Å². The van der Waals surface area contributed by atoms with Crippen molar-refractivity contribution in [3.63, 3.8) is 0 Å². The van der Waals surface area contributed by atoms with Crippen LogP contribution < -0.4 is 5.56 Å². The van der Waals surface area contributed by atoms with Crippen LogP contribution in [0.5, 0.6) is 0 Å². The van der Waals surface area contributed by atoms with Crippen molar-refractivity contribution >= 4 is 16.3 Å². The lowest BCUT2D eigenvalue weighted by molar-refractivity contribution is -0.137. The fourth-order valence-corrected chi connectivity index (χ4v) is 3.54. The maximum Gasteiger partial charge on any atom is 0.416 e. The first-order valence-corrected chi connectivity index (χ1v) is 9.40. The van der Waals surface area contributed by atoms with Gasteiger partial charge in [0.1, 0.15) is 11.5 Å². The fraction of sp³-hybridized carbons (Fsp3) is 0.263. The van der Waals surface area contributed by atoms with Gasteiger partial charge in [-0.15, -0.1) is 15.3 Å². The highest BCUT2D eigenvalue weighted by Crippen LogP contribution is 2.34. The topological polar surface area (TPSA) is 73.3 Å². The molecule has 0 unspecified atom stereocenters. The molecule has 150 valence electrons. The maximum absolute atomic E-state index is 12.9. The molecule has 0 aliphatic rings. The Kier molecular flexibility index (Phi) is 4.34. The van der Waals surface area contributed by atoms with Gasteiger partial charge >= 0.3 is 6.18 Å². The number of alkyl halides is 3. The summed E-state index contributed by atoms with van der Waals surface area (Å²) in [5.74, 6) is 0.587. The van der Waals surface area contributed by atoms with E-state index in [2.05, 4.69) is 15.3 Å². The van der Waals surface area contributed by atoms with E-state index in [9.17, 15) is 18.0 Å². The Morgan fingerprint density at radius 2 is 1.76 bits per heavy atom. The van der Waals surface area contributed by atoms with E-state index in [0.29, 0.717) is 21.3 Å². The van der Waals surface area contributed by atoms with Gasteiger partial charge < -0.3 is 4.42 Å². The van der Waals surface area contributed by atoms with E-state index in [4.69, 9.17) is 4.42 Å². The zero-order valence-corrected chi connectivity index (χ0v) is 16.4. The summed E-state index contributed by atoms with van der Waals surface area (Å²) >= 11 is 1.10. The number of hydrogen-bond acceptors (Lipinski definition) is 6. The minimum absolute atomic E-state index is 0.263. The van der Waals surface area contributed by atoms with E-state index in [1.807, 2.05) is 20.8 Å². The smallest absolute Gasteiger partial charge is 0.416 e. The molecule has 3 aromatic heterocycles. The largest absolute Gasteiger partial charge is 0.454 e. The zero-order chi connectivity index (χ0) is 21.0. The standard InChI is InChI=1S/C19H15F3N4O2S/c1-18(2,3)14-16(27)26-17(24-23-14)29-15(25-26)13-8-7-12(28-13)10-5-4-6-11(9-10)19(20,21)22/h4-9H,1-3H3. The molecule has 0 amide bonds. The van der Waals surface area contributed by atoms with Crippen molar-refractivity contribution in [2.75, 3.05) is 0 Å². The molecular weight excluding hydrogens is 405 g/mol. The van der Waals surface area contributed by atoms with Crippen molar-refractivity contribution in [2.45, 2.75) is 32.4 Å². The molecule has 0 saturated heterocycles. The third-order valence-corrected chi connectivity index (χ3v) is 5.11. The van der Waals surface area contributed by atoms with Gasteiger partial charge in [-0.05, 0) is 24.3 Å². The SMILES string of the molecule is CC(C)(C)c1nnc2sc(-c3ccc(-c4cccc(C(F)(F)F)c4)o3)nn2c1=O. The minimum atomic E-state index is -4.44. The highest BCUT2D eigenvalue weighted by atomic mass is 32.1. The van der Waals surface area contributed by atoms with Crippen molar-refractivity contribution < 1.29 is 17.6 Å². The third kappa shape index (κ3) is 3.55. The van der Waals surface area contributed by atoms with Gasteiger partial charge in [0.15, 0.2) is 10.8 Å². The van der Waals surface area contributed by atoms with Gasteiger partial charge in [-0.3, -0.25) is 4.79 Å². The molecule has 0 bridgehead atoms. The van der Waals surface area contributed by atoms with Crippen LogP contribution in [-0.4, -0.2) is 19.8 Å². The third-order valence-electron chi connectivity index (χ3n) is 4.19. The van der Waals surface area contributed by atoms with Gasteiger partial charge in [-0.25, -0.2) is 0 Å². The lowest BCUT2D eigenvalue weighted by Crippen LogP contribution is -2.30. The summed E-state index contributed by atoms with van der Waals surface area (Å²) in [7, 11) is 0. The van der Waals surface area contributed by atoms with E-state index < -0.39 is 17.2 Å². The van der Waals surface area contributed by atoms with Crippen LogP contribution in [0.25, 0.3) is 27.1 Å². The maximum atomic E-state index is 12.9. The summed E-state index contributed by atoms with van der Waals surface area (Å²) in [6, 6.07) is 8.02. The van der Waals surface area contributed by atoms with Crippen LogP contribution in [0.15, 0.2) is 45.6 Å². The van der Waals surface area contributed by atoms with E-state index in [1.165, 1.54) is 16.6 Å². The molecule has 0 atom stereocenters. The van der Waals surface area contributed by atoms with E-state index in [-0.39, 0.29) is 17.0 Å². The molecule has 29 heavy (non-hydrogen) atoms. The molecule has 1 aromatic carbocycles. The Bertz CT molecular complexity index is 1260. The monoisotopic (exact) mass is 420 g/mol. The first-order valence-electron chi connectivity index (χ1n) is 8.59. The number of fused-ring (bicyclic) bond motifs is 1. The normalized spacial score (nSPS) is 12.6. The van der Waals surface area contributed by atoms with E-state index >= 15 is 0 Å². The molecule has 0 aliphatic heterocycles. The lowest BCUT2D eigenvalue weighted by atomic mass is 9.93. The number of nitrogens with zero attached hydrogens (tertiary/aromatic N) is 4. The second-order valence-electron chi connectivity index (χ2n) is 7.45. The molecule has 0 aliphatic carbocycles. The summed E-state index contributed by atoms with van der Waals surface area (Å²) in [6.07, 6.45) is -4.44. The van der Waals surface area contributed by atoms with Crippen molar-refractivity contribution in [1.29, 1.82) is 0 Å². The molecule has 0 radical (unpaired) electrons. The fourth-order valence-electron chi connectivity index (χ4n) is 2.74. The average molecular weight is 420 g/mol. The van der Waals surface area contributed by atoms with Gasteiger partial charge in [0.2, 0.25) is 4.96 Å². The van der Waals surface area contributed by atoms with E-state index in [0.717, 1.165) is 23.5 Å². The average Bonchev–Trinajstić information content (AvgIpc) is 3.27. The Hall–Kier alpha value is -3.01. The summed E-state index contributed by atoms with van der Waals surface area (Å²) in [4.78, 5) is 12.9. The molecule has 0 spiro atoms. The molecule has 0 saturated carbocycles. The highest BCUT2D eigenvalue weighted by molar-refractivity contribution is 7.19. The number of furan rings is 1. The molecule has 4 aromatic rings. The van der Waals surface area contributed by atoms with Crippen LogP contribution in [0, 0.1) is 0 Å². The quantitative estimate of drug-likeness (QED) is 0.466. The number of hydrogen-bond donors (Lipinski definition) is 0. The Labute approximate surface area is 166 Å². The Morgan fingerprint density at radius 1 is 1.03 bits per heavy atom. The van der Waals surface area contributed by atoms with Crippen LogP contribution in [0.1, 0.15) is 32.0 Å². The Morgan fingerprint density at radius 3 is 2.45 bits per heavy atom. The summed E-state index contributed by atoms with van der Waals surface area (Å²) < 4.78 is 45.7. The Balaban J connectivity index is 1.75. The van der Waals surface area contributed by atoms with Crippen LogP contribution in [0.4, 0.5) is 13.2 Å². The molecular formula is C19H15F3N4O2S. The molecule has 3 heterocycles. The number of rotatable bonds is 2. The molecule has 6 nitrogen and oxygen atoms in total. The van der Waals surface area contributed by atoms with Crippen molar-refractivity contribution in [1.82, 2.24) is 19.8 Å². The molecule has 4 rings (SSSR count). The predicted octanol–water partition coefficient (Wildman–Crippen LogP) is 4.79. The summed E-state index contributed by atoms with van der Waals surface area (Å²) in [6.45, 7) is 5.56. The summed E-state index contributed by atoms with van der Waals surface area (Å²) in [5, 5.41) is 12.7. The molecule has 0 N–H and O–H groups in total. The van der Waals surface area contributed by atoms with Gasteiger partial charge in [-0.2, -0.15) is 17.7 Å². The zero-order valence-electron chi connectivity index (χ0n) is 15.6. The molecule has 0 fully saturated rings. The number of halogens is 3. The number of benzene rings is 1. The predicted molar refractivity (Wildman–Crippen MR) is 102 cm³/mol. The van der Waals surface area contributed by atoms with Crippen molar-refractivity contribution in [3.05, 3.63) is 58.0 Å². The second-order valence-corrected chi connectivity index (χ2v) is 8.40.